The molecule has 0 spiro atoms. The van der Waals surface area contributed by atoms with E-state index in [1.165, 1.54) is 22.5 Å². The Labute approximate surface area is 210 Å². The summed E-state index contributed by atoms with van der Waals surface area (Å²) in [5.41, 5.74) is 7.83. The number of hydrogen-bond donors (Lipinski definition) is 1. The monoisotopic (exact) mass is 482 g/mol. The van der Waals surface area contributed by atoms with Crippen LogP contribution in [0, 0.1) is 20.8 Å². The Morgan fingerprint density at radius 1 is 0.914 bits per heavy atom. The molecule has 6 rings (SSSR count). The smallest absolute Gasteiger partial charge is 0.231 e. The number of anilines is 1. The predicted octanol–water partition coefficient (Wildman–Crippen LogP) is 5.70. The number of thiocarbonyl (C=S) groups is 1. The van der Waals surface area contributed by atoms with Gasteiger partial charge in [0, 0.05) is 35.0 Å². The van der Waals surface area contributed by atoms with Gasteiger partial charge in [-0.05, 0) is 81.0 Å². The maximum absolute atomic E-state index is 5.90. The molecule has 2 aromatic carbocycles. The first-order valence-electron chi connectivity index (χ1n) is 11.7. The van der Waals surface area contributed by atoms with Crippen LogP contribution in [0.25, 0.3) is 5.69 Å². The summed E-state index contributed by atoms with van der Waals surface area (Å²) in [6.45, 7) is 6.67. The van der Waals surface area contributed by atoms with Crippen LogP contribution >= 0.6 is 12.2 Å². The Kier molecular flexibility index (Phi) is 5.22. The lowest BCUT2D eigenvalue weighted by Crippen LogP contribution is -2.29. The maximum Gasteiger partial charge on any atom is 0.231 e. The third-order valence-corrected chi connectivity index (χ3v) is 7.13. The lowest BCUT2D eigenvalue weighted by atomic mass is 9.96. The molecule has 0 saturated carbocycles. The van der Waals surface area contributed by atoms with Crippen molar-refractivity contribution in [2.24, 2.45) is 0 Å². The quantitative estimate of drug-likeness (QED) is 0.377. The summed E-state index contributed by atoms with van der Waals surface area (Å²) >= 11 is 5.90. The zero-order valence-corrected chi connectivity index (χ0v) is 20.7. The van der Waals surface area contributed by atoms with Crippen LogP contribution in [0.2, 0.25) is 0 Å². The van der Waals surface area contributed by atoms with E-state index in [2.05, 4.69) is 76.9 Å². The number of pyridine rings is 1. The highest BCUT2D eigenvalue weighted by Gasteiger charge is 2.42. The maximum atomic E-state index is 5.90. The molecule has 2 aromatic heterocycles. The molecule has 4 aromatic rings. The van der Waals surface area contributed by atoms with Gasteiger partial charge in [0.05, 0.1) is 17.8 Å². The van der Waals surface area contributed by atoms with E-state index in [1.54, 1.807) is 0 Å². The second kappa shape index (κ2) is 8.43. The highest BCUT2D eigenvalue weighted by atomic mass is 32.1. The molecule has 7 heteroatoms. The molecule has 4 heterocycles. The second-order valence-corrected chi connectivity index (χ2v) is 9.42. The number of rotatable bonds is 4. The normalized spacial score (nSPS) is 18.7. The molecule has 1 saturated heterocycles. The van der Waals surface area contributed by atoms with Crippen molar-refractivity contribution in [3.63, 3.8) is 0 Å². The van der Waals surface area contributed by atoms with Gasteiger partial charge in [-0.2, -0.15) is 0 Å². The zero-order valence-electron chi connectivity index (χ0n) is 19.9. The SMILES string of the molecule is Cc1ccc(-n2c(C)cc([C@@H]3[C@@H](c4ccccn4)NC(=S)N3c3ccc4c(c3)OCO4)c2C)cc1. The molecule has 0 radical (unpaired) electrons. The highest BCUT2D eigenvalue weighted by molar-refractivity contribution is 7.80. The van der Waals surface area contributed by atoms with Crippen molar-refractivity contribution in [1.29, 1.82) is 0 Å². The molecule has 1 N–H and O–H groups in total. The minimum absolute atomic E-state index is 0.0943. The van der Waals surface area contributed by atoms with Crippen LogP contribution in [0.15, 0.2) is 72.9 Å². The summed E-state index contributed by atoms with van der Waals surface area (Å²) in [7, 11) is 0. The van der Waals surface area contributed by atoms with Crippen molar-refractivity contribution in [3.05, 3.63) is 101 Å². The van der Waals surface area contributed by atoms with Crippen molar-refractivity contribution in [2.75, 3.05) is 11.7 Å². The fourth-order valence-electron chi connectivity index (χ4n) is 5.16. The fourth-order valence-corrected chi connectivity index (χ4v) is 5.51. The third-order valence-electron chi connectivity index (χ3n) is 6.81. The molecule has 2 aliphatic heterocycles. The van der Waals surface area contributed by atoms with Gasteiger partial charge in [-0.25, -0.2) is 0 Å². The summed E-state index contributed by atoms with van der Waals surface area (Å²) in [6.07, 6.45) is 1.83. The number of ether oxygens (including phenoxy) is 2. The van der Waals surface area contributed by atoms with Gasteiger partial charge in [0.25, 0.3) is 0 Å². The van der Waals surface area contributed by atoms with Crippen LogP contribution < -0.4 is 19.7 Å². The first kappa shape index (κ1) is 21.7. The summed E-state index contributed by atoms with van der Waals surface area (Å²) in [4.78, 5) is 6.86. The molecule has 0 aliphatic carbocycles. The molecule has 0 amide bonds. The van der Waals surface area contributed by atoms with Crippen LogP contribution in [0.4, 0.5) is 5.69 Å². The van der Waals surface area contributed by atoms with Gasteiger partial charge in [0.2, 0.25) is 6.79 Å². The summed E-state index contributed by atoms with van der Waals surface area (Å²) < 4.78 is 13.5. The Hall–Kier alpha value is -3.84. The molecule has 0 unspecified atom stereocenters. The molecular formula is C28H26N4O2S. The minimum atomic E-state index is -0.110. The molecule has 176 valence electrons. The average Bonchev–Trinajstić information content (AvgIpc) is 3.55. The summed E-state index contributed by atoms with van der Waals surface area (Å²) in [6, 6.07) is 22.7. The first-order valence-corrected chi connectivity index (χ1v) is 12.1. The van der Waals surface area contributed by atoms with E-state index in [4.69, 9.17) is 21.7 Å². The largest absolute Gasteiger partial charge is 0.454 e. The first-order chi connectivity index (χ1) is 17.0. The van der Waals surface area contributed by atoms with E-state index >= 15 is 0 Å². The molecule has 2 atom stereocenters. The number of hydrogen-bond acceptors (Lipinski definition) is 4. The van der Waals surface area contributed by atoms with Crippen LogP contribution in [0.5, 0.6) is 11.5 Å². The standard InChI is InChI=1S/C28H26N4O2S/c1-17-7-9-20(10-8-17)31-18(2)14-22(19(31)3)27-26(23-6-4-5-13-29-23)30-28(35)32(27)21-11-12-24-25(15-21)34-16-33-24/h4-15,26-27H,16H2,1-3H3,(H,30,35)/t26-,27-/m1/s1. The van der Waals surface area contributed by atoms with Crippen LogP contribution in [0.1, 0.15) is 40.3 Å². The van der Waals surface area contributed by atoms with E-state index < -0.39 is 0 Å². The van der Waals surface area contributed by atoms with Gasteiger partial charge in [0.1, 0.15) is 0 Å². The molecule has 1 fully saturated rings. The summed E-state index contributed by atoms with van der Waals surface area (Å²) in [5, 5.41) is 4.21. The van der Waals surface area contributed by atoms with E-state index in [0.717, 1.165) is 28.6 Å². The second-order valence-electron chi connectivity index (χ2n) is 9.03. The Balaban J connectivity index is 1.51. The fraction of sp³-hybridized carbons (Fsp3) is 0.214. The van der Waals surface area contributed by atoms with E-state index in [-0.39, 0.29) is 18.9 Å². The lowest BCUT2D eigenvalue weighted by molar-refractivity contribution is 0.174. The summed E-state index contributed by atoms with van der Waals surface area (Å²) in [5.74, 6) is 1.48. The minimum Gasteiger partial charge on any atom is -0.454 e. The average molecular weight is 483 g/mol. The number of aromatic nitrogens is 2. The Morgan fingerprint density at radius 2 is 1.69 bits per heavy atom. The lowest BCUT2D eigenvalue weighted by Gasteiger charge is -2.28. The Bertz CT molecular complexity index is 1420. The number of nitrogens with one attached hydrogen (secondary N) is 1. The number of aryl methyl sites for hydroxylation is 2. The third kappa shape index (κ3) is 3.63. The van der Waals surface area contributed by atoms with E-state index in [1.807, 2.05) is 36.5 Å². The van der Waals surface area contributed by atoms with Crippen LogP contribution in [-0.2, 0) is 0 Å². The molecule has 2 aliphatic rings. The van der Waals surface area contributed by atoms with Gasteiger partial charge in [0.15, 0.2) is 16.6 Å². The van der Waals surface area contributed by atoms with Gasteiger partial charge >= 0.3 is 0 Å². The van der Waals surface area contributed by atoms with Gasteiger partial charge in [-0.3, -0.25) is 4.98 Å². The van der Waals surface area contributed by atoms with Crippen LogP contribution in [-0.4, -0.2) is 21.5 Å². The number of benzene rings is 2. The zero-order chi connectivity index (χ0) is 24.1. The molecule has 35 heavy (non-hydrogen) atoms. The van der Waals surface area contributed by atoms with Crippen LogP contribution in [0.3, 0.4) is 0 Å². The van der Waals surface area contributed by atoms with Gasteiger partial charge < -0.3 is 24.3 Å². The number of fused-ring (bicyclic) bond motifs is 1. The Morgan fingerprint density at radius 3 is 2.46 bits per heavy atom. The molecule has 0 bridgehead atoms. The highest BCUT2D eigenvalue weighted by Crippen LogP contribution is 2.46. The van der Waals surface area contributed by atoms with E-state index in [0.29, 0.717) is 5.11 Å². The predicted molar refractivity (Wildman–Crippen MR) is 140 cm³/mol. The van der Waals surface area contributed by atoms with Crippen molar-refractivity contribution < 1.29 is 9.47 Å². The van der Waals surface area contributed by atoms with Gasteiger partial charge in [-0.1, -0.05) is 23.8 Å². The van der Waals surface area contributed by atoms with Crippen molar-refractivity contribution in [2.45, 2.75) is 32.9 Å². The van der Waals surface area contributed by atoms with E-state index in [9.17, 15) is 0 Å². The topological polar surface area (TPSA) is 51.6 Å². The van der Waals surface area contributed by atoms with Gasteiger partial charge in [-0.15, -0.1) is 0 Å². The molecule has 6 nitrogen and oxygen atoms in total. The van der Waals surface area contributed by atoms with Crippen molar-refractivity contribution in [3.8, 4) is 17.2 Å². The van der Waals surface area contributed by atoms with Crippen molar-refractivity contribution >= 4 is 23.0 Å². The van der Waals surface area contributed by atoms with Crippen molar-refractivity contribution in [1.82, 2.24) is 14.9 Å². The number of nitrogens with zero attached hydrogens (tertiary/aromatic N) is 3. The molecular weight excluding hydrogens is 456 g/mol.